The van der Waals surface area contributed by atoms with Crippen molar-refractivity contribution < 1.29 is 4.79 Å². The lowest BCUT2D eigenvalue weighted by Crippen LogP contribution is -2.30. The predicted molar refractivity (Wildman–Crippen MR) is 79.3 cm³/mol. The van der Waals surface area contributed by atoms with Crippen molar-refractivity contribution in [3.63, 3.8) is 0 Å². The molecule has 0 amide bonds. The number of hydrogen-bond donors (Lipinski definition) is 0. The van der Waals surface area contributed by atoms with Crippen LogP contribution in [0.25, 0.3) is 0 Å². The molecule has 0 radical (unpaired) electrons. The monoisotopic (exact) mass is 315 g/mol. The van der Waals surface area contributed by atoms with Crippen LogP contribution in [0.4, 0.5) is 5.69 Å². The maximum Gasteiger partial charge on any atom is 0.121 e. The highest BCUT2D eigenvalue weighted by Crippen LogP contribution is 2.44. The van der Waals surface area contributed by atoms with E-state index in [-0.39, 0.29) is 17.0 Å². The van der Waals surface area contributed by atoms with Gasteiger partial charge in [-0.2, -0.15) is 0 Å². The van der Waals surface area contributed by atoms with Gasteiger partial charge in [-0.1, -0.05) is 37.2 Å². The van der Waals surface area contributed by atoms with Gasteiger partial charge in [0.2, 0.25) is 0 Å². The Hall–Kier alpha value is -0.480. The summed E-state index contributed by atoms with van der Waals surface area (Å²) in [6.45, 7) is 3.06. The highest BCUT2D eigenvalue weighted by Gasteiger charge is 2.28. The first-order chi connectivity index (χ1) is 7.86. The molecule has 94 valence electrons. The van der Waals surface area contributed by atoms with Gasteiger partial charge in [0.05, 0.1) is 11.1 Å². The molecule has 0 fully saturated rings. The van der Waals surface area contributed by atoms with E-state index in [1.807, 2.05) is 11.8 Å². The number of benzene rings is 1. The number of hydrogen-bond acceptors (Lipinski definition) is 3. The Bertz CT molecular complexity index is 372. The summed E-state index contributed by atoms with van der Waals surface area (Å²) in [7, 11) is 0. The highest BCUT2D eigenvalue weighted by atomic mass is 79.9. The molecule has 0 bridgehead atoms. The van der Waals surface area contributed by atoms with Crippen LogP contribution in [0.3, 0.4) is 0 Å². The lowest BCUT2D eigenvalue weighted by molar-refractivity contribution is -0.107. The summed E-state index contributed by atoms with van der Waals surface area (Å²) in [6.07, 6.45) is 3.99. The van der Waals surface area contributed by atoms with Crippen molar-refractivity contribution >= 4 is 40.7 Å². The fourth-order valence-electron chi connectivity index (χ4n) is 2.08. The second-order valence-corrected chi connectivity index (χ2v) is 5.20. The van der Waals surface area contributed by atoms with Gasteiger partial charge in [-0.3, -0.25) is 0 Å². The van der Waals surface area contributed by atoms with Crippen LogP contribution in [0.2, 0.25) is 0 Å². The summed E-state index contributed by atoms with van der Waals surface area (Å²) < 4.78 is 0. The Morgan fingerprint density at radius 2 is 2.18 bits per heavy atom. The lowest BCUT2D eigenvalue weighted by Gasteiger charge is -2.25. The first-order valence-electron chi connectivity index (χ1n) is 5.82. The number of carbonyl (C=O) groups is 1. The van der Waals surface area contributed by atoms with Crippen molar-refractivity contribution in [3.8, 4) is 0 Å². The number of aldehydes is 1. The zero-order valence-corrected chi connectivity index (χ0v) is 12.5. The zero-order chi connectivity index (χ0) is 11.4. The number of thioether (sulfide) groups is 1. The van der Waals surface area contributed by atoms with E-state index < -0.39 is 0 Å². The van der Waals surface area contributed by atoms with Crippen molar-refractivity contribution in [2.45, 2.75) is 36.5 Å². The maximum atomic E-state index is 10.5. The van der Waals surface area contributed by atoms with Gasteiger partial charge in [-0.05, 0) is 18.6 Å². The van der Waals surface area contributed by atoms with Crippen LogP contribution in [0.1, 0.15) is 26.2 Å². The Morgan fingerprint density at radius 3 is 2.88 bits per heavy atom. The van der Waals surface area contributed by atoms with E-state index >= 15 is 0 Å². The molecule has 1 aliphatic rings. The average Bonchev–Trinajstić information content (AvgIpc) is 2.65. The molecule has 1 unspecified atom stereocenters. The van der Waals surface area contributed by atoms with Gasteiger partial charge in [0, 0.05) is 17.9 Å². The van der Waals surface area contributed by atoms with Gasteiger partial charge in [0.25, 0.3) is 0 Å². The Labute approximate surface area is 118 Å². The van der Waals surface area contributed by atoms with Crippen molar-refractivity contribution in [2.24, 2.45) is 0 Å². The molecular formula is C13H18BrNOS. The second kappa shape index (κ2) is 7.07. The van der Waals surface area contributed by atoms with Gasteiger partial charge in [-0.25, -0.2) is 0 Å². The van der Waals surface area contributed by atoms with Gasteiger partial charge in [-0.15, -0.1) is 17.0 Å². The average molecular weight is 316 g/mol. The molecular weight excluding hydrogens is 298 g/mol. The first-order valence-corrected chi connectivity index (χ1v) is 6.70. The summed E-state index contributed by atoms with van der Waals surface area (Å²) in [6, 6.07) is 8.48. The third-order valence-corrected chi connectivity index (χ3v) is 4.17. The molecule has 2 rings (SSSR count). The van der Waals surface area contributed by atoms with Gasteiger partial charge < -0.3 is 9.69 Å². The minimum Gasteiger partial charge on any atom is -0.358 e. The van der Waals surface area contributed by atoms with Gasteiger partial charge in [0.15, 0.2) is 0 Å². The fourth-order valence-corrected chi connectivity index (χ4v) is 3.53. The smallest absolute Gasteiger partial charge is 0.121 e. The SMILES string of the molecule is Br.CCCC1Sc2ccccc2N1CCC=O. The quantitative estimate of drug-likeness (QED) is 0.769. The number of anilines is 1. The molecule has 0 saturated carbocycles. The van der Waals surface area contributed by atoms with Crippen LogP contribution in [0.15, 0.2) is 29.2 Å². The minimum atomic E-state index is 0. The van der Waals surface area contributed by atoms with Gasteiger partial charge >= 0.3 is 0 Å². The highest BCUT2D eigenvalue weighted by molar-refractivity contribution is 8.93. The predicted octanol–water partition coefficient (Wildman–Crippen LogP) is 3.89. The molecule has 17 heavy (non-hydrogen) atoms. The number of halogens is 1. The van der Waals surface area contributed by atoms with Crippen LogP contribution >= 0.6 is 28.7 Å². The van der Waals surface area contributed by atoms with E-state index in [9.17, 15) is 4.79 Å². The van der Waals surface area contributed by atoms with Crippen LogP contribution in [-0.2, 0) is 4.79 Å². The fraction of sp³-hybridized carbons (Fsp3) is 0.462. The topological polar surface area (TPSA) is 20.3 Å². The van der Waals surface area contributed by atoms with Crippen LogP contribution in [-0.4, -0.2) is 18.2 Å². The zero-order valence-electron chi connectivity index (χ0n) is 9.96. The number of rotatable bonds is 5. The summed E-state index contributed by atoms with van der Waals surface area (Å²) in [5, 5.41) is 0.516. The summed E-state index contributed by atoms with van der Waals surface area (Å²) in [5.74, 6) is 0. The normalized spacial score (nSPS) is 17.5. The number of fused-ring (bicyclic) bond motifs is 1. The summed E-state index contributed by atoms with van der Waals surface area (Å²) in [5.41, 5.74) is 1.30. The second-order valence-electron chi connectivity index (χ2n) is 3.98. The molecule has 0 saturated heterocycles. The molecule has 1 aliphatic heterocycles. The molecule has 1 aromatic rings. The Morgan fingerprint density at radius 1 is 1.41 bits per heavy atom. The van der Waals surface area contributed by atoms with Crippen molar-refractivity contribution in [1.82, 2.24) is 0 Å². The van der Waals surface area contributed by atoms with E-state index in [0.717, 1.165) is 12.8 Å². The minimum absolute atomic E-state index is 0. The van der Waals surface area contributed by atoms with Crippen molar-refractivity contribution in [1.29, 1.82) is 0 Å². The van der Waals surface area contributed by atoms with Crippen molar-refractivity contribution in [2.75, 3.05) is 11.4 Å². The molecule has 0 N–H and O–H groups in total. The molecule has 0 aromatic heterocycles. The third kappa shape index (κ3) is 3.26. The van der Waals surface area contributed by atoms with E-state index in [1.54, 1.807) is 0 Å². The molecule has 2 nitrogen and oxygen atoms in total. The van der Waals surface area contributed by atoms with Crippen LogP contribution in [0.5, 0.6) is 0 Å². The van der Waals surface area contributed by atoms with E-state index in [2.05, 4.69) is 36.1 Å². The maximum absolute atomic E-state index is 10.5. The third-order valence-electron chi connectivity index (χ3n) is 2.81. The van der Waals surface area contributed by atoms with E-state index in [4.69, 9.17) is 0 Å². The molecule has 1 atom stereocenters. The first kappa shape index (κ1) is 14.6. The standard InChI is InChI=1S/C13H17NOS.BrH/c1-2-6-13-14(9-5-10-15)11-7-3-4-8-12(11)16-13;/h3-4,7-8,10,13H,2,5-6,9H2,1H3;1H. The molecule has 4 heteroatoms. The number of para-hydroxylation sites is 1. The molecule has 0 aliphatic carbocycles. The van der Waals surface area contributed by atoms with Crippen molar-refractivity contribution in [3.05, 3.63) is 24.3 Å². The Balaban J connectivity index is 0.00000144. The lowest BCUT2D eigenvalue weighted by atomic mass is 10.2. The van der Waals surface area contributed by atoms with Gasteiger partial charge in [0.1, 0.15) is 6.29 Å². The van der Waals surface area contributed by atoms with Crippen LogP contribution < -0.4 is 4.90 Å². The number of carbonyl (C=O) groups excluding carboxylic acids is 1. The molecule has 0 spiro atoms. The molecule has 1 heterocycles. The van der Waals surface area contributed by atoms with E-state index in [0.29, 0.717) is 11.8 Å². The summed E-state index contributed by atoms with van der Waals surface area (Å²) >= 11 is 1.93. The largest absolute Gasteiger partial charge is 0.358 e. The Kier molecular flexibility index (Phi) is 6.06. The number of nitrogens with zero attached hydrogens (tertiary/aromatic N) is 1. The van der Waals surface area contributed by atoms with Crippen LogP contribution in [0, 0.1) is 0 Å². The van der Waals surface area contributed by atoms with E-state index in [1.165, 1.54) is 23.4 Å². The molecule has 1 aromatic carbocycles. The summed E-state index contributed by atoms with van der Waals surface area (Å²) in [4.78, 5) is 14.2.